The van der Waals surface area contributed by atoms with Gasteiger partial charge in [-0.05, 0) is 46.3 Å². The number of halogens is 1. The van der Waals surface area contributed by atoms with Crippen molar-refractivity contribution in [3.63, 3.8) is 0 Å². The molecule has 0 unspecified atom stereocenters. The van der Waals surface area contributed by atoms with E-state index in [0.29, 0.717) is 23.6 Å². The standard InChI is InChI=1S/C20H15BrN4O2/c21-15-8-14(10-22-11-15)20(26)24-16-4-3-5-18(9-16)27-13-17-12-25-7-2-1-6-19(25)23-17/h1-12H,13H2,(H,24,26). The van der Waals surface area contributed by atoms with Crippen LogP contribution in [0, 0.1) is 0 Å². The summed E-state index contributed by atoms with van der Waals surface area (Å²) in [5.74, 6) is 0.415. The molecule has 6 nitrogen and oxygen atoms in total. The summed E-state index contributed by atoms with van der Waals surface area (Å²) in [5.41, 5.74) is 2.82. The Morgan fingerprint density at radius 2 is 2.07 bits per heavy atom. The van der Waals surface area contributed by atoms with Crippen LogP contribution in [0.4, 0.5) is 5.69 Å². The maximum Gasteiger partial charge on any atom is 0.257 e. The largest absolute Gasteiger partial charge is 0.487 e. The number of carbonyl (C=O) groups is 1. The van der Waals surface area contributed by atoms with Gasteiger partial charge in [-0.2, -0.15) is 0 Å². The molecule has 0 fully saturated rings. The van der Waals surface area contributed by atoms with Gasteiger partial charge in [-0.15, -0.1) is 0 Å². The third-order valence-electron chi connectivity index (χ3n) is 3.86. The molecule has 3 aromatic heterocycles. The molecule has 3 heterocycles. The first-order chi connectivity index (χ1) is 13.2. The van der Waals surface area contributed by atoms with E-state index in [9.17, 15) is 4.79 Å². The average Bonchev–Trinajstić information content (AvgIpc) is 3.10. The lowest BCUT2D eigenvalue weighted by molar-refractivity contribution is 0.102. The number of imidazole rings is 1. The highest BCUT2D eigenvalue weighted by Gasteiger charge is 2.08. The van der Waals surface area contributed by atoms with Gasteiger partial charge in [0.2, 0.25) is 0 Å². The molecule has 4 aromatic rings. The van der Waals surface area contributed by atoms with Crippen molar-refractivity contribution in [3.8, 4) is 5.75 Å². The molecule has 0 saturated heterocycles. The summed E-state index contributed by atoms with van der Waals surface area (Å²) in [4.78, 5) is 20.8. The monoisotopic (exact) mass is 422 g/mol. The van der Waals surface area contributed by atoms with E-state index in [0.717, 1.165) is 15.8 Å². The van der Waals surface area contributed by atoms with Crippen LogP contribution in [0.1, 0.15) is 16.1 Å². The zero-order valence-corrected chi connectivity index (χ0v) is 15.8. The van der Waals surface area contributed by atoms with Crippen LogP contribution >= 0.6 is 15.9 Å². The second-order valence-electron chi connectivity index (χ2n) is 5.86. The maximum atomic E-state index is 12.3. The van der Waals surface area contributed by atoms with E-state index in [1.807, 2.05) is 47.1 Å². The highest BCUT2D eigenvalue weighted by atomic mass is 79.9. The first-order valence-corrected chi connectivity index (χ1v) is 9.04. The van der Waals surface area contributed by atoms with Crippen molar-refractivity contribution >= 4 is 33.2 Å². The fourth-order valence-corrected chi connectivity index (χ4v) is 2.98. The fourth-order valence-electron chi connectivity index (χ4n) is 2.62. The zero-order chi connectivity index (χ0) is 18.6. The third-order valence-corrected chi connectivity index (χ3v) is 4.29. The van der Waals surface area contributed by atoms with Gasteiger partial charge in [0.05, 0.1) is 11.3 Å². The summed E-state index contributed by atoms with van der Waals surface area (Å²) in [6, 6.07) is 14.8. The van der Waals surface area contributed by atoms with E-state index in [1.165, 1.54) is 6.20 Å². The zero-order valence-electron chi connectivity index (χ0n) is 14.2. The van der Waals surface area contributed by atoms with Crippen LogP contribution in [-0.2, 0) is 6.61 Å². The van der Waals surface area contributed by atoms with Crippen LogP contribution in [0.25, 0.3) is 5.65 Å². The molecule has 0 bridgehead atoms. The lowest BCUT2D eigenvalue weighted by Gasteiger charge is -2.08. The van der Waals surface area contributed by atoms with Gasteiger partial charge in [0, 0.05) is 41.0 Å². The molecule has 134 valence electrons. The molecule has 1 amide bonds. The van der Waals surface area contributed by atoms with E-state index in [2.05, 4.69) is 31.2 Å². The number of ether oxygens (including phenoxy) is 1. The lowest BCUT2D eigenvalue weighted by Crippen LogP contribution is -2.12. The van der Waals surface area contributed by atoms with Crippen LogP contribution in [-0.4, -0.2) is 20.3 Å². The van der Waals surface area contributed by atoms with E-state index in [1.54, 1.807) is 24.4 Å². The van der Waals surface area contributed by atoms with Crippen LogP contribution in [0.15, 0.2) is 77.8 Å². The third kappa shape index (κ3) is 4.15. The summed E-state index contributed by atoms with van der Waals surface area (Å²) < 4.78 is 8.52. The number of nitrogens with zero attached hydrogens (tertiary/aromatic N) is 3. The molecule has 1 N–H and O–H groups in total. The molecule has 4 rings (SSSR count). The number of fused-ring (bicyclic) bond motifs is 1. The minimum absolute atomic E-state index is 0.235. The Balaban J connectivity index is 1.43. The molecule has 0 aliphatic rings. The van der Waals surface area contributed by atoms with Crippen molar-refractivity contribution in [1.82, 2.24) is 14.4 Å². The molecule has 0 aliphatic heterocycles. The quantitative estimate of drug-likeness (QED) is 0.519. The van der Waals surface area contributed by atoms with Crippen molar-refractivity contribution in [1.29, 1.82) is 0 Å². The van der Waals surface area contributed by atoms with Crippen molar-refractivity contribution in [3.05, 3.63) is 89.0 Å². The molecular weight excluding hydrogens is 408 g/mol. The number of nitrogens with one attached hydrogen (secondary N) is 1. The number of hydrogen-bond acceptors (Lipinski definition) is 4. The highest BCUT2D eigenvalue weighted by Crippen LogP contribution is 2.20. The first kappa shape index (κ1) is 17.2. The number of aromatic nitrogens is 3. The van der Waals surface area contributed by atoms with Crippen LogP contribution in [0.5, 0.6) is 5.75 Å². The van der Waals surface area contributed by atoms with E-state index >= 15 is 0 Å². The van der Waals surface area contributed by atoms with Crippen LogP contribution in [0.2, 0.25) is 0 Å². The van der Waals surface area contributed by atoms with E-state index < -0.39 is 0 Å². The lowest BCUT2D eigenvalue weighted by atomic mass is 10.2. The highest BCUT2D eigenvalue weighted by molar-refractivity contribution is 9.10. The Morgan fingerprint density at radius 3 is 2.93 bits per heavy atom. The predicted octanol–water partition coefficient (Wildman–Crippen LogP) is 4.32. The van der Waals surface area contributed by atoms with Crippen molar-refractivity contribution in [2.75, 3.05) is 5.32 Å². The summed E-state index contributed by atoms with van der Waals surface area (Å²) >= 11 is 3.31. The Labute approximate surface area is 164 Å². The molecule has 27 heavy (non-hydrogen) atoms. The fraction of sp³-hybridized carbons (Fsp3) is 0.0500. The predicted molar refractivity (Wildman–Crippen MR) is 106 cm³/mol. The van der Waals surface area contributed by atoms with Gasteiger partial charge in [-0.3, -0.25) is 9.78 Å². The van der Waals surface area contributed by atoms with E-state index in [-0.39, 0.29) is 5.91 Å². The Kier molecular flexibility index (Phi) is 4.84. The topological polar surface area (TPSA) is 68.5 Å². The SMILES string of the molecule is O=C(Nc1cccc(OCc2cn3ccccc3n2)c1)c1cncc(Br)c1. The second kappa shape index (κ2) is 7.59. The van der Waals surface area contributed by atoms with Gasteiger partial charge >= 0.3 is 0 Å². The van der Waals surface area contributed by atoms with Crippen molar-refractivity contribution < 1.29 is 9.53 Å². The Bertz CT molecular complexity index is 1080. The number of benzene rings is 1. The summed E-state index contributed by atoms with van der Waals surface area (Å²) in [7, 11) is 0. The van der Waals surface area contributed by atoms with Crippen LogP contribution < -0.4 is 10.1 Å². The van der Waals surface area contributed by atoms with Gasteiger partial charge in [-0.1, -0.05) is 12.1 Å². The smallest absolute Gasteiger partial charge is 0.257 e. The second-order valence-corrected chi connectivity index (χ2v) is 6.78. The summed E-state index contributed by atoms with van der Waals surface area (Å²) in [6.07, 6.45) is 7.02. The number of carbonyl (C=O) groups excluding carboxylic acids is 1. The minimum Gasteiger partial charge on any atom is -0.487 e. The van der Waals surface area contributed by atoms with Gasteiger partial charge in [0.25, 0.3) is 5.91 Å². The van der Waals surface area contributed by atoms with Gasteiger partial charge < -0.3 is 14.5 Å². The number of hydrogen-bond donors (Lipinski definition) is 1. The Morgan fingerprint density at radius 1 is 1.15 bits per heavy atom. The minimum atomic E-state index is -0.235. The summed E-state index contributed by atoms with van der Waals surface area (Å²) in [5, 5.41) is 2.85. The maximum absolute atomic E-state index is 12.3. The number of anilines is 1. The van der Waals surface area contributed by atoms with Gasteiger partial charge in [0.1, 0.15) is 18.0 Å². The molecule has 0 spiro atoms. The van der Waals surface area contributed by atoms with Gasteiger partial charge in [0.15, 0.2) is 0 Å². The number of rotatable bonds is 5. The molecule has 7 heteroatoms. The number of amides is 1. The number of pyridine rings is 2. The molecule has 0 atom stereocenters. The van der Waals surface area contributed by atoms with Crippen LogP contribution in [0.3, 0.4) is 0 Å². The Hall–Kier alpha value is -3.19. The van der Waals surface area contributed by atoms with Gasteiger partial charge in [-0.25, -0.2) is 4.98 Å². The molecule has 0 aliphatic carbocycles. The molecule has 0 radical (unpaired) electrons. The summed E-state index contributed by atoms with van der Waals surface area (Å²) in [6.45, 7) is 0.342. The first-order valence-electron chi connectivity index (χ1n) is 8.25. The van der Waals surface area contributed by atoms with Crippen molar-refractivity contribution in [2.24, 2.45) is 0 Å². The normalized spacial score (nSPS) is 10.7. The molecule has 0 saturated carbocycles. The van der Waals surface area contributed by atoms with Crippen molar-refractivity contribution in [2.45, 2.75) is 6.61 Å². The van der Waals surface area contributed by atoms with E-state index in [4.69, 9.17) is 4.74 Å². The molecular formula is C20H15BrN4O2. The molecule has 1 aromatic carbocycles. The average molecular weight is 423 g/mol.